The van der Waals surface area contributed by atoms with E-state index in [2.05, 4.69) is 10.3 Å². The number of hydrogen-bond donors (Lipinski definition) is 3. The van der Waals surface area contributed by atoms with E-state index in [1.807, 2.05) is 18.3 Å². The van der Waals surface area contributed by atoms with Crippen LogP contribution in [0.3, 0.4) is 0 Å². The predicted octanol–water partition coefficient (Wildman–Crippen LogP) is 3.71. The number of nitrogens with zero attached hydrogens (tertiary/aromatic N) is 3. The molecular formula is C28H30FN4O6PS. The van der Waals surface area contributed by atoms with E-state index in [-0.39, 0.29) is 29.3 Å². The minimum atomic E-state index is -4.96. The summed E-state index contributed by atoms with van der Waals surface area (Å²) in [6, 6.07) is 8.21. The third kappa shape index (κ3) is 5.41. The normalized spacial score (nSPS) is 24.1. The number of amides is 3. The second-order valence-electron chi connectivity index (χ2n) is 11.0. The summed E-state index contributed by atoms with van der Waals surface area (Å²) in [5.41, 5.74) is 0.928. The van der Waals surface area contributed by atoms with Crippen molar-refractivity contribution in [2.75, 3.05) is 13.1 Å². The van der Waals surface area contributed by atoms with Gasteiger partial charge in [0.15, 0.2) is 0 Å². The molecule has 2 aromatic heterocycles. The highest BCUT2D eigenvalue weighted by molar-refractivity contribution is 7.51. The van der Waals surface area contributed by atoms with Gasteiger partial charge in [-0.1, -0.05) is 12.1 Å². The van der Waals surface area contributed by atoms with E-state index in [1.165, 1.54) is 24.3 Å². The standard InChI is InChI=1S/C28H30FN4O6PS/c29-25(40(37,38)39)16-6-9-23-18(11-16)12-24(41-23)26(34)31-21-5-1-4-20-7-8-22(33(20)27(21)35)28(36)32-14-19(15-32)17-3-2-10-30-13-17/h2-3,6,9-13,19-22,25H,1,4-5,7-8,14-15H2,(H,31,34)(H2,37,38,39)/t20-,21-,22-,25+/m0/s1. The van der Waals surface area contributed by atoms with Crippen molar-refractivity contribution >= 4 is 46.7 Å². The topological polar surface area (TPSA) is 140 Å². The zero-order valence-corrected chi connectivity index (χ0v) is 23.8. The molecule has 0 unspecified atom stereocenters. The highest BCUT2D eigenvalue weighted by Gasteiger charge is 2.47. The Morgan fingerprint density at radius 2 is 1.93 bits per heavy atom. The van der Waals surface area contributed by atoms with E-state index >= 15 is 0 Å². The van der Waals surface area contributed by atoms with Crippen LogP contribution in [-0.4, -0.2) is 73.5 Å². The van der Waals surface area contributed by atoms with Crippen LogP contribution in [0.2, 0.25) is 0 Å². The van der Waals surface area contributed by atoms with E-state index in [0.717, 1.165) is 36.2 Å². The minimum Gasteiger partial charge on any atom is -0.340 e. The largest absolute Gasteiger partial charge is 0.363 e. The molecule has 5 heterocycles. The van der Waals surface area contributed by atoms with Gasteiger partial charge in [0, 0.05) is 42.1 Å². The molecule has 3 aliphatic heterocycles. The number of hydrogen-bond acceptors (Lipinski definition) is 6. The molecule has 6 rings (SSSR count). The summed E-state index contributed by atoms with van der Waals surface area (Å²) >= 11 is 1.15. The molecule has 41 heavy (non-hydrogen) atoms. The number of rotatable bonds is 6. The maximum absolute atomic E-state index is 14.2. The van der Waals surface area contributed by atoms with Crippen molar-refractivity contribution < 1.29 is 33.1 Å². The molecule has 0 spiro atoms. The van der Waals surface area contributed by atoms with Gasteiger partial charge in [-0.3, -0.25) is 23.9 Å². The van der Waals surface area contributed by atoms with Gasteiger partial charge >= 0.3 is 7.60 Å². The lowest BCUT2D eigenvalue weighted by Crippen LogP contribution is -2.58. The zero-order chi connectivity index (χ0) is 28.9. The SMILES string of the molecule is O=C(N[C@H]1CCC[C@H]2CC[C@@H](C(=O)N3CC(c4cccnc4)C3)N2C1=O)c1cc2cc([C@H](F)P(=O)(O)O)ccc2s1. The van der Waals surface area contributed by atoms with Crippen molar-refractivity contribution in [3.63, 3.8) is 0 Å². The van der Waals surface area contributed by atoms with Crippen LogP contribution >= 0.6 is 18.9 Å². The number of nitrogens with one attached hydrogen (secondary N) is 1. The molecule has 13 heteroatoms. The van der Waals surface area contributed by atoms with E-state index in [9.17, 15) is 33.1 Å². The van der Waals surface area contributed by atoms with Gasteiger partial charge in [0.2, 0.25) is 17.7 Å². The second-order valence-corrected chi connectivity index (χ2v) is 13.7. The Labute approximate surface area is 239 Å². The van der Waals surface area contributed by atoms with Gasteiger partial charge in [0.25, 0.3) is 5.91 Å². The van der Waals surface area contributed by atoms with Crippen LogP contribution in [0.25, 0.3) is 10.1 Å². The molecular weight excluding hydrogens is 570 g/mol. The number of carbonyl (C=O) groups excluding carboxylic acids is 3. The Balaban J connectivity index is 1.14. The molecule has 0 bridgehead atoms. The van der Waals surface area contributed by atoms with E-state index in [0.29, 0.717) is 40.9 Å². The average Bonchev–Trinajstić information content (AvgIpc) is 3.51. The molecule has 216 valence electrons. The number of halogens is 1. The highest BCUT2D eigenvalue weighted by Crippen LogP contribution is 2.53. The summed E-state index contributed by atoms with van der Waals surface area (Å²) in [7, 11) is -4.96. The van der Waals surface area contributed by atoms with Crippen molar-refractivity contribution in [1.82, 2.24) is 20.1 Å². The molecule has 4 atom stereocenters. The number of benzene rings is 1. The summed E-state index contributed by atoms with van der Waals surface area (Å²) in [5, 5.41) is 3.33. The van der Waals surface area contributed by atoms with Crippen molar-refractivity contribution in [2.45, 2.75) is 62.1 Å². The maximum atomic E-state index is 14.2. The first-order chi connectivity index (χ1) is 19.6. The third-order valence-electron chi connectivity index (χ3n) is 8.36. The number of alkyl halides is 1. The smallest absolute Gasteiger partial charge is 0.340 e. The summed E-state index contributed by atoms with van der Waals surface area (Å²) < 4.78 is 26.2. The fourth-order valence-electron chi connectivity index (χ4n) is 6.18. The first kappa shape index (κ1) is 28.0. The second kappa shape index (κ2) is 10.9. The molecule has 0 saturated carbocycles. The molecule has 3 saturated heterocycles. The van der Waals surface area contributed by atoms with Crippen molar-refractivity contribution in [2.24, 2.45) is 0 Å². The molecule has 1 aromatic carbocycles. The molecule has 3 fully saturated rings. The van der Waals surface area contributed by atoms with Crippen LogP contribution in [0.1, 0.15) is 64.7 Å². The third-order valence-corrected chi connectivity index (χ3v) is 10.4. The van der Waals surface area contributed by atoms with Gasteiger partial charge < -0.3 is 24.9 Å². The lowest BCUT2D eigenvalue weighted by Gasteiger charge is -2.42. The predicted molar refractivity (Wildman–Crippen MR) is 150 cm³/mol. The molecule has 0 radical (unpaired) electrons. The Hall–Kier alpha value is -3.18. The van der Waals surface area contributed by atoms with E-state index in [1.54, 1.807) is 16.0 Å². The van der Waals surface area contributed by atoms with Gasteiger partial charge in [-0.15, -0.1) is 11.3 Å². The van der Waals surface area contributed by atoms with Crippen molar-refractivity contribution in [3.05, 3.63) is 64.8 Å². The number of fused-ring (bicyclic) bond motifs is 2. The molecule has 3 aliphatic rings. The highest BCUT2D eigenvalue weighted by atomic mass is 32.1. The van der Waals surface area contributed by atoms with Gasteiger partial charge in [0.05, 0.1) is 4.88 Å². The molecule has 0 aliphatic carbocycles. The Kier molecular flexibility index (Phi) is 7.44. The van der Waals surface area contributed by atoms with Crippen LogP contribution in [0.15, 0.2) is 48.8 Å². The van der Waals surface area contributed by atoms with Gasteiger partial charge in [-0.05, 0) is 72.9 Å². The quantitative estimate of drug-likeness (QED) is 0.367. The number of carbonyl (C=O) groups is 3. The lowest BCUT2D eigenvalue weighted by atomic mass is 9.92. The fourth-order valence-corrected chi connectivity index (χ4v) is 7.68. The molecule has 3 N–H and O–H groups in total. The van der Waals surface area contributed by atoms with Crippen LogP contribution < -0.4 is 5.32 Å². The number of thiophene rings is 1. The van der Waals surface area contributed by atoms with Crippen LogP contribution in [0, 0.1) is 0 Å². The van der Waals surface area contributed by atoms with E-state index in [4.69, 9.17) is 0 Å². The lowest BCUT2D eigenvalue weighted by molar-refractivity contribution is -0.148. The monoisotopic (exact) mass is 600 g/mol. The summed E-state index contributed by atoms with van der Waals surface area (Å²) in [4.78, 5) is 66.7. The Bertz CT molecular complexity index is 1540. The zero-order valence-electron chi connectivity index (χ0n) is 22.1. The fraction of sp³-hybridized carbons (Fsp3) is 0.429. The van der Waals surface area contributed by atoms with E-state index < -0.39 is 31.5 Å². The summed E-state index contributed by atoms with van der Waals surface area (Å²) in [5.74, 6) is -2.96. The number of likely N-dealkylation sites (tertiary alicyclic amines) is 1. The van der Waals surface area contributed by atoms with Crippen molar-refractivity contribution in [1.29, 1.82) is 0 Å². The maximum Gasteiger partial charge on any atom is 0.363 e. The van der Waals surface area contributed by atoms with Crippen LogP contribution in [-0.2, 0) is 14.2 Å². The minimum absolute atomic E-state index is 0.0285. The average molecular weight is 601 g/mol. The van der Waals surface area contributed by atoms with Crippen LogP contribution in [0.4, 0.5) is 4.39 Å². The Morgan fingerprint density at radius 1 is 1.12 bits per heavy atom. The molecule has 3 aromatic rings. The van der Waals surface area contributed by atoms with Crippen LogP contribution in [0.5, 0.6) is 0 Å². The van der Waals surface area contributed by atoms with Gasteiger partial charge in [-0.2, -0.15) is 0 Å². The summed E-state index contributed by atoms with van der Waals surface area (Å²) in [6.07, 6.45) is 6.87. The van der Waals surface area contributed by atoms with Crippen molar-refractivity contribution in [3.8, 4) is 0 Å². The van der Waals surface area contributed by atoms with Gasteiger partial charge in [0.1, 0.15) is 12.1 Å². The summed E-state index contributed by atoms with van der Waals surface area (Å²) in [6.45, 7) is 1.19. The number of pyridine rings is 1. The molecule has 3 amide bonds. The Morgan fingerprint density at radius 3 is 2.66 bits per heavy atom. The number of aromatic nitrogens is 1. The molecule has 10 nitrogen and oxygen atoms in total. The first-order valence-electron chi connectivity index (χ1n) is 13.6. The van der Waals surface area contributed by atoms with Gasteiger partial charge in [-0.25, -0.2) is 4.39 Å². The first-order valence-corrected chi connectivity index (χ1v) is 16.1.